The highest BCUT2D eigenvalue weighted by molar-refractivity contribution is 5.64. The number of methoxy groups -OCH3 is 1. The zero-order valence-electron chi connectivity index (χ0n) is 19.5. The van der Waals surface area contributed by atoms with Gasteiger partial charge < -0.3 is 14.4 Å². The molecule has 5 rings (SSSR count). The van der Waals surface area contributed by atoms with E-state index in [2.05, 4.69) is 46.2 Å². The summed E-state index contributed by atoms with van der Waals surface area (Å²) in [7, 11) is 1.71. The molecule has 2 aromatic rings. The van der Waals surface area contributed by atoms with Gasteiger partial charge in [-0.25, -0.2) is 0 Å². The number of ether oxygens (including phenoxy) is 2. The molecule has 3 fully saturated rings. The number of fused-ring (bicyclic) bond motifs is 1. The van der Waals surface area contributed by atoms with Crippen molar-refractivity contribution in [2.24, 2.45) is 17.8 Å². The molecule has 4 nitrogen and oxygen atoms in total. The van der Waals surface area contributed by atoms with Crippen LogP contribution in [0.2, 0.25) is 0 Å². The molecule has 172 valence electrons. The molecular weight excluding hydrogens is 396 g/mol. The summed E-state index contributed by atoms with van der Waals surface area (Å²) in [6, 6.07) is 17.3. The van der Waals surface area contributed by atoms with Crippen molar-refractivity contribution in [1.29, 1.82) is 0 Å². The topological polar surface area (TPSA) is 24.9 Å². The third kappa shape index (κ3) is 5.36. The predicted octanol–water partition coefficient (Wildman–Crippen LogP) is 4.93. The standard InChI is InChI=1S/C28H38N2O2/c1-31-25-12-10-24(11-13-25)23-8-6-22(7-9-23)18-30-19-26-27(20-30)28(26)21-32-17-5-16-29-14-3-2-4-15-29/h6-13,26-28H,2-5,14-21H2,1H3/t26-,27+,28+. The van der Waals surface area contributed by atoms with Gasteiger partial charge in [-0.1, -0.05) is 42.8 Å². The Morgan fingerprint density at radius 1 is 0.812 bits per heavy atom. The second-order valence-corrected chi connectivity index (χ2v) is 9.94. The van der Waals surface area contributed by atoms with Gasteiger partial charge in [-0.3, -0.25) is 4.90 Å². The van der Waals surface area contributed by atoms with Crippen molar-refractivity contribution in [2.75, 3.05) is 53.0 Å². The van der Waals surface area contributed by atoms with Gasteiger partial charge in [0.15, 0.2) is 0 Å². The van der Waals surface area contributed by atoms with Crippen LogP contribution in [-0.2, 0) is 11.3 Å². The average molecular weight is 435 g/mol. The lowest BCUT2D eigenvalue weighted by molar-refractivity contribution is 0.0967. The van der Waals surface area contributed by atoms with E-state index in [1.807, 2.05) is 12.1 Å². The maximum absolute atomic E-state index is 6.06. The highest BCUT2D eigenvalue weighted by atomic mass is 16.5. The summed E-state index contributed by atoms with van der Waals surface area (Å²) >= 11 is 0. The Balaban J connectivity index is 0.991. The van der Waals surface area contributed by atoms with E-state index >= 15 is 0 Å². The summed E-state index contributed by atoms with van der Waals surface area (Å²) in [6.45, 7) is 9.30. The van der Waals surface area contributed by atoms with Gasteiger partial charge >= 0.3 is 0 Å². The van der Waals surface area contributed by atoms with Crippen LogP contribution in [0.25, 0.3) is 11.1 Å². The highest BCUT2D eigenvalue weighted by Gasteiger charge is 2.55. The summed E-state index contributed by atoms with van der Waals surface area (Å²) < 4.78 is 11.3. The van der Waals surface area contributed by atoms with Gasteiger partial charge in [-0.2, -0.15) is 0 Å². The number of hydrogen-bond donors (Lipinski definition) is 0. The molecule has 0 amide bonds. The van der Waals surface area contributed by atoms with Crippen molar-refractivity contribution in [2.45, 2.75) is 32.2 Å². The Hall–Kier alpha value is -1.88. The van der Waals surface area contributed by atoms with E-state index in [0.717, 1.165) is 43.3 Å². The minimum absolute atomic E-state index is 0.818. The van der Waals surface area contributed by atoms with E-state index in [1.54, 1.807) is 7.11 Å². The molecule has 3 atom stereocenters. The van der Waals surface area contributed by atoms with Crippen molar-refractivity contribution in [3.8, 4) is 16.9 Å². The van der Waals surface area contributed by atoms with Crippen LogP contribution in [0.3, 0.4) is 0 Å². The Morgan fingerprint density at radius 3 is 2.12 bits per heavy atom. The molecule has 2 saturated heterocycles. The van der Waals surface area contributed by atoms with E-state index in [1.165, 1.54) is 75.1 Å². The van der Waals surface area contributed by atoms with Crippen molar-refractivity contribution in [3.63, 3.8) is 0 Å². The fraction of sp³-hybridized carbons (Fsp3) is 0.571. The quantitative estimate of drug-likeness (QED) is 0.495. The second kappa shape index (κ2) is 10.4. The first-order valence-corrected chi connectivity index (χ1v) is 12.6. The summed E-state index contributed by atoms with van der Waals surface area (Å²) in [5.41, 5.74) is 3.91. The van der Waals surface area contributed by atoms with E-state index in [0.29, 0.717) is 0 Å². The Morgan fingerprint density at radius 2 is 1.47 bits per heavy atom. The predicted molar refractivity (Wildman–Crippen MR) is 130 cm³/mol. The van der Waals surface area contributed by atoms with E-state index in [9.17, 15) is 0 Å². The first-order chi connectivity index (χ1) is 15.8. The Bertz CT molecular complexity index is 833. The molecule has 2 aliphatic heterocycles. The van der Waals surface area contributed by atoms with E-state index < -0.39 is 0 Å². The van der Waals surface area contributed by atoms with Crippen LogP contribution in [0.15, 0.2) is 48.5 Å². The molecule has 0 aromatic heterocycles. The molecule has 0 spiro atoms. The molecule has 4 heteroatoms. The highest BCUT2D eigenvalue weighted by Crippen LogP contribution is 2.52. The van der Waals surface area contributed by atoms with Crippen LogP contribution in [0.1, 0.15) is 31.2 Å². The van der Waals surface area contributed by atoms with Crippen LogP contribution in [0.4, 0.5) is 0 Å². The van der Waals surface area contributed by atoms with Gasteiger partial charge in [0.2, 0.25) is 0 Å². The van der Waals surface area contributed by atoms with Gasteiger partial charge in [0.05, 0.1) is 13.7 Å². The number of benzene rings is 2. The molecule has 0 unspecified atom stereocenters. The number of rotatable bonds is 10. The van der Waals surface area contributed by atoms with Crippen molar-refractivity contribution in [1.82, 2.24) is 9.80 Å². The summed E-state index contributed by atoms with van der Waals surface area (Å²) in [4.78, 5) is 5.24. The lowest BCUT2D eigenvalue weighted by Crippen LogP contribution is -2.31. The van der Waals surface area contributed by atoms with Gasteiger partial charge in [0.25, 0.3) is 0 Å². The third-order valence-electron chi connectivity index (χ3n) is 7.75. The van der Waals surface area contributed by atoms with Crippen LogP contribution in [0.5, 0.6) is 5.75 Å². The maximum Gasteiger partial charge on any atom is 0.118 e. The molecule has 3 aliphatic rings. The van der Waals surface area contributed by atoms with Crippen LogP contribution < -0.4 is 4.74 Å². The van der Waals surface area contributed by atoms with Crippen molar-refractivity contribution >= 4 is 0 Å². The fourth-order valence-corrected chi connectivity index (χ4v) is 5.75. The molecule has 1 aliphatic carbocycles. The average Bonchev–Trinajstić information content (AvgIpc) is 3.30. The van der Waals surface area contributed by atoms with Gasteiger partial charge in [0.1, 0.15) is 5.75 Å². The molecule has 2 heterocycles. The maximum atomic E-state index is 6.06. The Labute approximate surface area is 193 Å². The van der Waals surface area contributed by atoms with Gasteiger partial charge in [0, 0.05) is 32.8 Å². The van der Waals surface area contributed by atoms with Crippen molar-refractivity contribution < 1.29 is 9.47 Å². The number of piperidine rings is 2. The van der Waals surface area contributed by atoms with E-state index in [-0.39, 0.29) is 0 Å². The van der Waals surface area contributed by atoms with Crippen LogP contribution in [0, 0.1) is 17.8 Å². The van der Waals surface area contributed by atoms with Gasteiger partial charge in [-0.05, 0) is 78.9 Å². The van der Waals surface area contributed by atoms with E-state index in [4.69, 9.17) is 9.47 Å². The van der Waals surface area contributed by atoms with Gasteiger partial charge in [-0.15, -0.1) is 0 Å². The normalized spacial score (nSPS) is 25.6. The minimum Gasteiger partial charge on any atom is -0.497 e. The number of likely N-dealkylation sites (tertiary alicyclic amines) is 2. The fourth-order valence-electron chi connectivity index (χ4n) is 5.75. The lowest BCUT2D eigenvalue weighted by Gasteiger charge is -2.26. The monoisotopic (exact) mass is 434 g/mol. The molecule has 0 bridgehead atoms. The third-order valence-corrected chi connectivity index (χ3v) is 7.75. The number of hydrogen-bond acceptors (Lipinski definition) is 4. The molecule has 0 N–H and O–H groups in total. The molecule has 2 aromatic carbocycles. The van der Waals surface area contributed by atoms with Crippen molar-refractivity contribution in [3.05, 3.63) is 54.1 Å². The molecular formula is C28H38N2O2. The zero-order valence-corrected chi connectivity index (χ0v) is 19.5. The zero-order chi connectivity index (χ0) is 21.8. The lowest BCUT2D eigenvalue weighted by atomic mass is 10.0. The summed E-state index contributed by atoms with van der Waals surface area (Å²) in [5, 5.41) is 0. The largest absolute Gasteiger partial charge is 0.497 e. The Kier molecular flexibility index (Phi) is 7.11. The SMILES string of the molecule is COc1ccc(-c2ccc(CN3C[C@@H]4[C@@H](COCCCN5CCCCC5)[C@@H]4C3)cc2)cc1. The first-order valence-electron chi connectivity index (χ1n) is 12.6. The molecule has 32 heavy (non-hydrogen) atoms. The summed E-state index contributed by atoms with van der Waals surface area (Å²) in [5.74, 6) is 3.46. The summed E-state index contributed by atoms with van der Waals surface area (Å²) in [6.07, 6.45) is 5.38. The molecule has 1 saturated carbocycles. The van der Waals surface area contributed by atoms with Crippen LogP contribution in [-0.4, -0.2) is 62.8 Å². The number of nitrogens with zero attached hydrogens (tertiary/aromatic N) is 2. The minimum atomic E-state index is 0.818. The second-order valence-electron chi connectivity index (χ2n) is 9.94. The van der Waals surface area contributed by atoms with Crippen LogP contribution >= 0.6 is 0 Å². The first kappa shape index (κ1) is 21.9. The smallest absolute Gasteiger partial charge is 0.118 e. The molecule has 0 radical (unpaired) electrons.